The molecule has 0 atom stereocenters. The molecule has 0 aromatic rings. The van der Waals surface area contributed by atoms with Crippen molar-refractivity contribution >= 4 is 21.7 Å². The van der Waals surface area contributed by atoms with Crippen molar-refractivity contribution in [2.45, 2.75) is 52.0 Å². The molecule has 0 saturated carbocycles. The maximum Gasteiger partial charge on any atom is 0.327 e. The van der Waals surface area contributed by atoms with Gasteiger partial charge in [0.1, 0.15) is 0 Å². The third kappa shape index (κ3) is 16.6. The Balaban J connectivity index is 0. The monoisotopic (exact) mass is 286 g/mol. The number of carbonyl (C=O) groups excluding carboxylic acids is 1. The Kier molecular flexibility index (Phi) is 15.4. The van der Waals surface area contributed by atoms with Crippen LogP contribution in [-0.2, 0) is 14.0 Å². The summed E-state index contributed by atoms with van der Waals surface area (Å²) in [5.41, 5.74) is 0.649. The van der Waals surface area contributed by atoms with Gasteiger partial charge in [0.2, 0.25) is 9.76 Å². The Morgan fingerprint density at radius 2 is 1.79 bits per heavy atom. The fourth-order valence-electron chi connectivity index (χ4n) is 1.11. The van der Waals surface area contributed by atoms with Crippen molar-refractivity contribution in [3.8, 4) is 0 Å². The average Bonchev–Trinajstić information content (AvgIpc) is 2.41. The Hall–Kier alpha value is -1.36. The summed E-state index contributed by atoms with van der Waals surface area (Å²) in [6.45, 7) is 11.0. The normalized spacial score (nSPS) is 9.58. The van der Waals surface area contributed by atoms with E-state index in [0.717, 1.165) is 31.4 Å². The van der Waals surface area contributed by atoms with Crippen molar-refractivity contribution in [2.75, 3.05) is 0 Å². The highest BCUT2D eigenvalue weighted by molar-refractivity contribution is 6.31. The lowest BCUT2D eigenvalue weighted by Gasteiger charge is -2.06. The van der Waals surface area contributed by atoms with Crippen molar-refractivity contribution < 1.29 is 19.1 Å². The van der Waals surface area contributed by atoms with Crippen LogP contribution in [0.25, 0.3) is 0 Å². The molecule has 0 aliphatic heterocycles. The maximum atomic E-state index is 11.3. The summed E-state index contributed by atoms with van der Waals surface area (Å²) in [6, 6.07) is 1.10. The smallest absolute Gasteiger partial charge is 0.327 e. The van der Waals surface area contributed by atoms with Crippen LogP contribution in [0.4, 0.5) is 0 Å². The van der Waals surface area contributed by atoms with Gasteiger partial charge in [-0.1, -0.05) is 46.3 Å². The highest BCUT2D eigenvalue weighted by atomic mass is 28.2. The van der Waals surface area contributed by atoms with Crippen molar-refractivity contribution in [1.82, 2.24) is 0 Å². The molecule has 0 aliphatic carbocycles. The zero-order valence-corrected chi connectivity index (χ0v) is 13.5. The molecule has 0 spiro atoms. The molecule has 19 heavy (non-hydrogen) atoms. The topological polar surface area (TPSA) is 63.6 Å². The minimum absolute atomic E-state index is 0.152. The second-order valence-corrected chi connectivity index (χ2v) is 5.50. The summed E-state index contributed by atoms with van der Waals surface area (Å²) in [4.78, 5) is 20.6. The molecule has 0 aromatic heterocycles. The molecule has 0 unspecified atom stereocenters. The lowest BCUT2D eigenvalue weighted by atomic mass is 10.1. The number of carboxylic acids is 1. The van der Waals surface area contributed by atoms with Gasteiger partial charge in [-0.3, -0.25) is 0 Å². The van der Waals surface area contributed by atoms with Gasteiger partial charge in [-0.15, -0.1) is 0 Å². The van der Waals surface area contributed by atoms with Gasteiger partial charge in [0.25, 0.3) is 0 Å². The van der Waals surface area contributed by atoms with Crippen LogP contribution >= 0.6 is 0 Å². The number of unbranched alkanes of at least 4 members (excludes halogenated alkanes) is 2. The molecular weight excluding hydrogens is 260 g/mol. The second-order valence-electron chi connectivity index (χ2n) is 4.09. The highest BCUT2D eigenvalue weighted by Crippen LogP contribution is 2.06. The number of hydrogen-bond donors (Lipinski definition) is 1. The van der Waals surface area contributed by atoms with Crippen molar-refractivity contribution in [3.63, 3.8) is 0 Å². The van der Waals surface area contributed by atoms with Gasteiger partial charge < -0.3 is 9.53 Å². The van der Waals surface area contributed by atoms with Crippen LogP contribution in [-0.4, -0.2) is 26.8 Å². The molecule has 0 rings (SSSR count). The first-order valence-corrected chi connectivity index (χ1v) is 8.27. The van der Waals surface area contributed by atoms with Gasteiger partial charge in [0.15, 0.2) is 0 Å². The van der Waals surface area contributed by atoms with E-state index in [4.69, 9.17) is 9.53 Å². The number of aliphatic carboxylic acids is 1. The van der Waals surface area contributed by atoms with Crippen molar-refractivity contribution in [1.29, 1.82) is 0 Å². The molecule has 110 valence electrons. The molecule has 0 saturated heterocycles. The van der Waals surface area contributed by atoms with Gasteiger partial charge in [-0.05, 0) is 18.9 Å². The number of rotatable bonds is 9. The number of hydrogen-bond acceptors (Lipinski definition) is 3. The molecule has 0 radical (unpaired) electrons. The predicted molar refractivity (Wildman–Crippen MR) is 80.8 cm³/mol. The molecule has 0 bridgehead atoms. The Bertz CT molecular complexity index is 287. The second kappa shape index (κ2) is 14.7. The van der Waals surface area contributed by atoms with E-state index in [0.29, 0.717) is 5.57 Å². The average molecular weight is 286 g/mol. The molecule has 0 amide bonds. The molecule has 0 aromatic carbocycles. The molecule has 0 aliphatic rings. The van der Waals surface area contributed by atoms with E-state index in [1.54, 1.807) is 0 Å². The minimum Gasteiger partial charge on any atom is -0.522 e. The summed E-state index contributed by atoms with van der Waals surface area (Å²) in [7, 11) is -0.624. The first-order valence-electron chi connectivity index (χ1n) is 6.69. The largest absolute Gasteiger partial charge is 0.522 e. The van der Waals surface area contributed by atoms with Gasteiger partial charge in [0, 0.05) is 11.6 Å². The summed E-state index contributed by atoms with van der Waals surface area (Å²) in [5.74, 6) is -1.13. The zero-order chi connectivity index (χ0) is 15.1. The van der Waals surface area contributed by atoms with Gasteiger partial charge in [-0.25, -0.2) is 9.59 Å². The Labute approximate surface area is 118 Å². The predicted octanol–water partition coefficient (Wildman–Crippen LogP) is 2.84. The summed E-state index contributed by atoms with van der Waals surface area (Å²) < 4.78 is 5.20. The van der Waals surface area contributed by atoms with Crippen LogP contribution in [0.1, 0.15) is 46.0 Å². The third-order valence-corrected chi connectivity index (χ3v) is 3.53. The first kappa shape index (κ1) is 20.0. The van der Waals surface area contributed by atoms with Gasteiger partial charge in [-0.2, -0.15) is 0 Å². The Morgan fingerprint density at radius 1 is 1.26 bits per heavy atom. The molecule has 0 heterocycles. The van der Waals surface area contributed by atoms with E-state index in [-0.39, 0.29) is 5.97 Å². The van der Waals surface area contributed by atoms with Gasteiger partial charge in [0.05, 0.1) is 0 Å². The van der Waals surface area contributed by atoms with E-state index in [2.05, 4.69) is 27.0 Å². The van der Waals surface area contributed by atoms with Crippen molar-refractivity contribution in [2.24, 2.45) is 0 Å². The zero-order valence-electron chi connectivity index (χ0n) is 12.1. The summed E-state index contributed by atoms with van der Waals surface area (Å²) in [5, 5.41) is 7.60. The quantitative estimate of drug-likeness (QED) is 0.402. The van der Waals surface area contributed by atoms with Crippen LogP contribution in [0.2, 0.25) is 6.04 Å². The highest BCUT2D eigenvalue weighted by Gasteiger charge is 2.06. The maximum absolute atomic E-state index is 11.3. The van der Waals surface area contributed by atoms with Crippen LogP contribution in [0.3, 0.4) is 0 Å². The number of carbonyl (C=O) groups is 2. The SMILES string of the molecule is C=C(CCCC)C(=O)O[SiH2]CCCC.C=CC(=O)O. The van der Waals surface area contributed by atoms with E-state index < -0.39 is 15.7 Å². The molecule has 0 fully saturated rings. The summed E-state index contributed by atoms with van der Waals surface area (Å²) in [6.07, 6.45) is 6.11. The fraction of sp³-hybridized carbons (Fsp3) is 0.571. The van der Waals surface area contributed by atoms with Crippen molar-refractivity contribution in [3.05, 3.63) is 24.8 Å². The van der Waals surface area contributed by atoms with Gasteiger partial charge >= 0.3 is 11.9 Å². The lowest BCUT2D eigenvalue weighted by Crippen LogP contribution is -2.10. The standard InChI is InChI=1S/C11H22O2Si.C3H4O2/c1-4-6-8-10(3)11(12)13-14-9-7-5-2;1-2-3(4)5/h3-9,14H2,1-2H3;2H,1H2,(H,4,5). The third-order valence-electron chi connectivity index (χ3n) is 2.28. The van der Waals surface area contributed by atoms with Crippen LogP contribution in [0.15, 0.2) is 24.8 Å². The van der Waals surface area contributed by atoms with E-state index in [9.17, 15) is 9.59 Å². The first-order chi connectivity index (χ1) is 8.99. The fourth-order valence-corrected chi connectivity index (χ4v) is 2.35. The van der Waals surface area contributed by atoms with E-state index in [1.807, 2.05) is 0 Å². The molecule has 1 N–H and O–H groups in total. The summed E-state index contributed by atoms with van der Waals surface area (Å²) >= 11 is 0. The van der Waals surface area contributed by atoms with Crippen LogP contribution in [0, 0.1) is 0 Å². The molecular formula is C14H26O4Si. The number of carboxylic acid groups (broad SMARTS) is 1. The van der Waals surface area contributed by atoms with E-state index in [1.165, 1.54) is 12.8 Å². The minimum atomic E-state index is -0.981. The molecule has 5 heteroatoms. The molecule has 4 nitrogen and oxygen atoms in total. The van der Waals surface area contributed by atoms with E-state index >= 15 is 0 Å². The Morgan fingerprint density at radius 3 is 2.21 bits per heavy atom. The van der Waals surface area contributed by atoms with Crippen LogP contribution < -0.4 is 0 Å². The van der Waals surface area contributed by atoms with Crippen LogP contribution in [0.5, 0.6) is 0 Å². The lowest BCUT2D eigenvalue weighted by molar-refractivity contribution is -0.131.